The fourth-order valence-corrected chi connectivity index (χ4v) is 1.70. The molecular weight excluding hydrogens is 230 g/mol. The Morgan fingerprint density at radius 2 is 2.00 bits per heavy atom. The van der Waals surface area contributed by atoms with Crippen LogP contribution in [0.25, 0.3) is 0 Å². The highest BCUT2D eigenvalue weighted by Gasteiger charge is 2.19. The van der Waals surface area contributed by atoms with Gasteiger partial charge in [0.2, 0.25) is 0 Å². The number of hydrogen-bond acceptors (Lipinski definition) is 4. The Balaban J connectivity index is 2.38. The van der Waals surface area contributed by atoms with E-state index in [1.54, 1.807) is 0 Å². The van der Waals surface area contributed by atoms with Crippen molar-refractivity contribution in [2.75, 3.05) is 20.3 Å². The molecule has 1 atom stereocenters. The van der Waals surface area contributed by atoms with Crippen molar-refractivity contribution in [1.29, 1.82) is 0 Å². The molecule has 0 aliphatic carbocycles. The topological polar surface area (TPSA) is 61.7 Å². The van der Waals surface area contributed by atoms with Crippen LogP contribution in [0.1, 0.15) is 25.3 Å². The highest BCUT2D eigenvalue weighted by atomic mass is 16.5. The Morgan fingerprint density at radius 3 is 2.61 bits per heavy atom. The van der Waals surface area contributed by atoms with Gasteiger partial charge in [-0.05, 0) is 32.9 Å². The molecule has 1 rings (SSSR count). The average molecular weight is 253 g/mol. The normalized spacial score (nSPS) is 14.2. The van der Waals surface area contributed by atoms with Crippen molar-refractivity contribution in [3.05, 3.63) is 29.8 Å². The smallest absolute Gasteiger partial charge is 0.124 e. The molecule has 0 aliphatic heterocycles. The maximum Gasteiger partial charge on any atom is 0.124 e. The van der Waals surface area contributed by atoms with E-state index in [4.69, 9.17) is 9.84 Å². The Kier molecular flexibility index (Phi) is 6.12. The van der Waals surface area contributed by atoms with E-state index in [-0.39, 0.29) is 18.8 Å². The number of ether oxygens (including phenoxy) is 1. The van der Waals surface area contributed by atoms with Crippen LogP contribution in [-0.4, -0.2) is 36.0 Å². The van der Waals surface area contributed by atoms with Gasteiger partial charge < -0.3 is 20.3 Å². The number of aliphatic hydroxyl groups excluding tert-OH is 2. The van der Waals surface area contributed by atoms with Crippen molar-refractivity contribution in [3.8, 4) is 5.75 Å². The third-order valence-electron chi connectivity index (χ3n) is 3.23. The van der Waals surface area contributed by atoms with E-state index in [1.807, 2.05) is 38.2 Å². The van der Waals surface area contributed by atoms with Crippen LogP contribution in [0.3, 0.4) is 0 Å². The summed E-state index contributed by atoms with van der Waals surface area (Å²) < 4.78 is 5.64. The predicted molar refractivity (Wildman–Crippen MR) is 71.6 cm³/mol. The lowest BCUT2D eigenvalue weighted by Crippen LogP contribution is -2.43. The monoisotopic (exact) mass is 253 g/mol. The zero-order valence-corrected chi connectivity index (χ0v) is 11.1. The van der Waals surface area contributed by atoms with E-state index < -0.39 is 0 Å². The van der Waals surface area contributed by atoms with Crippen molar-refractivity contribution in [1.82, 2.24) is 5.32 Å². The quantitative estimate of drug-likeness (QED) is 0.611. The van der Waals surface area contributed by atoms with E-state index in [0.717, 1.165) is 24.2 Å². The fraction of sp³-hybridized carbons (Fsp3) is 0.571. The van der Waals surface area contributed by atoms with Crippen LogP contribution in [0.5, 0.6) is 5.75 Å². The van der Waals surface area contributed by atoms with Gasteiger partial charge in [0.05, 0.1) is 19.8 Å². The number of aliphatic hydroxyl groups is 2. The summed E-state index contributed by atoms with van der Waals surface area (Å²) in [6.07, 6.45) is 1.68. The van der Waals surface area contributed by atoms with Gasteiger partial charge in [-0.1, -0.05) is 18.2 Å². The van der Waals surface area contributed by atoms with Gasteiger partial charge in [-0.2, -0.15) is 0 Å². The lowest BCUT2D eigenvalue weighted by atomic mass is 9.97. The zero-order chi connectivity index (χ0) is 13.4. The summed E-state index contributed by atoms with van der Waals surface area (Å²) in [6.45, 7) is 2.65. The molecule has 0 saturated heterocycles. The summed E-state index contributed by atoms with van der Waals surface area (Å²) in [7, 11) is 1.85. The minimum absolute atomic E-state index is 0.0129. The zero-order valence-electron chi connectivity index (χ0n) is 11.1. The first kappa shape index (κ1) is 15.0. The van der Waals surface area contributed by atoms with E-state index in [1.165, 1.54) is 0 Å². The molecule has 1 unspecified atom stereocenters. The molecule has 0 fully saturated rings. The van der Waals surface area contributed by atoms with Gasteiger partial charge in [-0.15, -0.1) is 0 Å². The molecule has 4 heteroatoms. The maximum absolute atomic E-state index is 9.25. The molecule has 1 aromatic carbocycles. The SMILES string of the molecule is CNC(C)(CO)CCCOc1ccccc1CO. The van der Waals surface area contributed by atoms with Crippen LogP contribution in [-0.2, 0) is 6.61 Å². The molecule has 0 aromatic heterocycles. The second-order valence-corrected chi connectivity index (χ2v) is 4.69. The largest absolute Gasteiger partial charge is 0.493 e. The molecule has 0 heterocycles. The summed E-state index contributed by atoms with van der Waals surface area (Å²) in [5.41, 5.74) is 0.552. The Labute approximate surface area is 109 Å². The van der Waals surface area contributed by atoms with Crippen molar-refractivity contribution >= 4 is 0 Å². The van der Waals surface area contributed by atoms with Crippen molar-refractivity contribution in [3.63, 3.8) is 0 Å². The Bertz CT molecular complexity index is 351. The van der Waals surface area contributed by atoms with Crippen LogP contribution < -0.4 is 10.1 Å². The third-order valence-corrected chi connectivity index (χ3v) is 3.23. The summed E-state index contributed by atoms with van der Waals surface area (Å²) in [6, 6.07) is 7.47. The van der Waals surface area contributed by atoms with E-state index in [0.29, 0.717) is 6.61 Å². The van der Waals surface area contributed by atoms with Gasteiger partial charge in [0.1, 0.15) is 5.75 Å². The molecule has 0 bridgehead atoms. The van der Waals surface area contributed by atoms with Gasteiger partial charge in [-0.3, -0.25) is 0 Å². The molecule has 0 amide bonds. The highest BCUT2D eigenvalue weighted by molar-refractivity contribution is 5.32. The van der Waals surface area contributed by atoms with Gasteiger partial charge in [0, 0.05) is 11.1 Å². The number of rotatable bonds is 8. The van der Waals surface area contributed by atoms with Gasteiger partial charge in [-0.25, -0.2) is 0 Å². The van der Waals surface area contributed by atoms with Crippen molar-refractivity contribution in [2.45, 2.75) is 31.9 Å². The molecule has 0 aliphatic rings. The molecule has 0 saturated carbocycles. The van der Waals surface area contributed by atoms with Crippen molar-refractivity contribution < 1.29 is 14.9 Å². The number of likely N-dealkylation sites (N-methyl/N-ethyl adjacent to an activating group) is 1. The molecule has 0 spiro atoms. The number of hydrogen-bond donors (Lipinski definition) is 3. The summed E-state index contributed by atoms with van der Waals surface area (Å²) in [4.78, 5) is 0. The number of benzene rings is 1. The van der Waals surface area contributed by atoms with Crippen LogP contribution in [0.4, 0.5) is 0 Å². The molecule has 4 nitrogen and oxygen atoms in total. The highest BCUT2D eigenvalue weighted by Crippen LogP contribution is 2.18. The number of para-hydroxylation sites is 1. The second kappa shape index (κ2) is 7.36. The lowest BCUT2D eigenvalue weighted by Gasteiger charge is -2.26. The minimum atomic E-state index is -0.250. The molecular formula is C14H23NO3. The van der Waals surface area contributed by atoms with E-state index in [2.05, 4.69) is 5.32 Å². The van der Waals surface area contributed by atoms with Gasteiger partial charge >= 0.3 is 0 Å². The molecule has 1 aromatic rings. The molecule has 0 radical (unpaired) electrons. The maximum atomic E-state index is 9.25. The molecule has 3 N–H and O–H groups in total. The standard InChI is InChI=1S/C14H23NO3/c1-14(11-17,15-2)8-5-9-18-13-7-4-3-6-12(13)10-16/h3-4,6-7,15-17H,5,8-11H2,1-2H3. The van der Waals surface area contributed by atoms with Crippen LogP contribution in [0.2, 0.25) is 0 Å². The predicted octanol–water partition coefficient (Wildman–Crippen LogP) is 1.31. The Hall–Kier alpha value is -1.10. The lowest BCUT2D eigenvalue weighted by molar-refractivity contribution is 0.163. The summed E-state index contributed by atoms with van der Waals surface area (Å²) in [5.74, 6) is 0.732. The first-order valence-corrected chi connectivity index (χ1v) is 6.26. The van der Waals surface area contributed by atoms with Crippen molar-refractivity contribution in [2.24, 2.45) is 0 Å². The molecule has 102 valence electrons. The third kappa shape index (κ3) is 4.29. The first-order valence-electron chi connectivity index (χ1n) is 6.26. The molecule has 18 heavy (non-hydrogen) atoms. The first-order chi connectivity index (χ1) is 8.65. The number of nitrogens with one attached hydrogen (secondary N) is 1. The van der Waals surface area contributed by atoms with Crippen LogP contribution in [0.15, 0.2) is 24.3 Å². The summed E-state index contributed by atoms with van der Waals surface area (Å²) in [5, 5.41) is 21.5. The summed E-state index contributed by atoms with van der Waals surface area (Å²) >= 11 is 0. The Morgan fingerprint density at radius 1 is 1.28 bits per heavy atom. The fourth-order valence-electron chi connectivity index (χ4n) is 1.70. The van der Waals surface area contributed by atoms with Gasteiger partial charge in [0.15, 0.2) is 0 Å². The minimum Gasteiger partial charge on any atom is -0.493 e. The van der Waals surface area contributed by atoms with Crippen LogP contribution in [0, 0.1) is 0 Å². The van der Waals surface area contributed by atoms with Gasteiger partial charge in [0.25, 0.3) is 0 Å². The van der Waals surface area contributed by atoms with E-state index in [9.17, 15) is 5.11 Å². The second-order valence-electron chi connectivity index (χ2n) is 4.69. The van der Waals surface area contributed by atoms with E-state index >= 15 is 0 Å². The van der Waals surface area contributed by atoms with Crippen LogP contribution >= 0.6 is 0 Å². The average Bonchev–Trinajstić information content (AvgIpc) is 2.43.